The van der Waals surface area contributed by atoms with Crippen LogP contribution in [0.2, 0.25) is 0 Å². The number of aryl methyl sites for hydroxylation is 1. The first kappa shape index (κ1) is 13.0. The summed E-state index contributed by atoms with van der Waals surface area (Å²) in [6, 6.07) is 7.22. The minimum absolute atomic E-state index is 0.0855. The second kappa shape index (κ2) is 5.16. The number of hydrogen-bond acceptors (Lipinski definition) is 7. The number of oxazole rings is 1. The number of tetrazole rings is 1. The smallest absolute Gasteiger partial charge is 0.376 e. The molecule has 1 N–H and O–H groups in total. The molecule has 3 rings (SSSR count). The molecule has 0 saturated heterocycles. The van der Waals surface area contributed by atoms with Gasteiger partial charge in [0, 0.05) is 18.1 Å². The van der Waals surface area contributed by atoms with Crippen LogP contribution in [0.1, 0.15) is 16.4 Å². The molecule has 106 valence electrons. The quantitative estimate of drug-likeness (QED) is 0.728. The maximum absolute atomic E-state index is 11.7. The molecule has 1 aromatic carbocycles. The summed E-state index contributed by atoms with van der Waals surface area (Å²) in [6.07, 6.45) is 0. The van der Waals surface area contributed by atoms with Crippen LogP contribution >= 0.6 is 0 Å². The Bertz CT molecular complexity index is 762. The predicted octanol–water partition coefficient (Wildman–Crippen LogP) is 1.62. The van der Waals surface area contributed by atoms with Crippen molar-refractivity contribution in [3.63, 3.8) is 0 Å². The van der Waals surface area contributed by atoms with Crippen molar-refractivity contribution in [2.75, 3.05) is 7.11 Å². The molecule has 0 aliphatic rings. The molecule has 21 heavy (non-hydrogen) atoms. The number of methoxy groups -OCH3 is 1. The van der Waals surface area contributed by atoms with Gasteiger partial charge < -0.3 is 9.15 Å². The largest absolute Gasteiger partial charge is 0.463 e. The molecule has 0 aliphatic carbocycles. The number of carbonyl (C=O) groups is 1. The van der Waals surface area contributed by atoms with Crippen LogP contribution in [0.5, 0.6) is 0 Å². The van der Waals surface area contributed by atoms with E-state index >= 15 is 0 Å². The van der Waals surface area contributed by atoms with E-state index in [0.29, 0.717) is 17.4 Å². The van der Waals surface area contributed by atoms with E-state index in [0.717, 1.165) is 11.1 Å². The summed E-state index contributed by atoms with van der Waals surface area (Å²) in [4.78, 5) is 15.9. The lowest BCUT2D eigenvalue weighted by molar-refractivity contribution is 0.0565. The van der Waals surface area contributed by atoms with Crippen LogP contribution in [0, 0.1) is 6.92 Å². The van der Waals surface area contributed by atoms with E-state index < -0.39 is 5.97 Å². The molecule has 3 aromatic rings. The molecular weight excluding hydrogens is 274 g/mol. The zero-order valence-electron chi connectivity index (χ0n) is 11.3. The van der Waals surface area contributed by atoms with E-state index in [2.05, 4.69) is 30.3 Å². The van der Waals surface area contributed by atoms with Crippen LogP contribution in [0.4, 0.5) is 0 Å². The molecule has 8 nitrogen and oxygen atoms in total. The van der Waals surface area contributed by atoms with Gasteiger partial charge >= 0.3 is 5.97 Å². The van der Waals surface area contributed by atoms with Gasteiger partial charge in [-0.1, -0.05) is 24.3 Å². The van der Waals surface area contributed by atoms with Gasteiger partial charge in [-0.05, 0) is 5.21 Å². The van der Waals surface area contributed by atoms with Gasteiger partial charge in [0.2, 0.25) is 11.6 Å². The number of nitrogens with one attached hydrogen (secondary N) is 1. The van der Waals surface area contributed by atoms with Crippen LogP contribution in [-0.2, 0) is 4.74 Å². The van der Waals surface area contributed by atoms with Crippen molar-refractivity contribution in [2.45, 2.75) is 6.92 Å². The zero-order valence-corrected chi connectivity index (χ0v) is 11.3. The van der Waals surface area contributed by atoms with Gasteiger partial charge in [-0.15, -0.1) is 10.2 Å². The van der Waals surface area contributed by atoms with Gasteiger partial charge in [0.25, 0.3) is 0 Å². The van der Waals surface area contributed by atoms with Gasteiger partial charge in [0.15, 0.2) is 5.89 Å². The highest BCUT2D eigenvalue weighted by atomic mass is 16.5. The third-order valence-electron chi connectivity index (χ3n) is 2.87. The number of esters is 1. The van der Waals surface area contributed by atoms with Crippen molar-refractivity contribution in [1.82, 2.24) is 25.6 Å². The lowest BCUT2D eigenvalue weighted by Crippen LogP contribution is -2.01. The fourth-order valence-electron chi connectivity index (χ4n) is 1.92. The second-order valence-corrected chi connectivity index (χ2v) is 4.21. The van der Waals surface area contributed by atoms with Crippen LogP contribution in [0.25, 0.3) is 22.6 Å². The van der Waals surface area contributed by atoms with Crippen LogP contribution in [0.15, 0.2) is 28.7 Å². The van der Waals surface area contributed by atoms with Gasteiger partial charge in [0.1, 0.15) is 5.69 Å². The fourth-order valence-corrected chi connectivity index (χ4v) is 1.92. The van der Waals surface area contributed by atoms with Gasteiger partial charge in [0.05, 0.1) is 7.11 Å². The number of nitrogens with zero attached hydrogens (tertiary/aromatic N) is 4. The first-order valence-corrected chi connectivity index (χ1v) is 6.09. The van der Waals surface area contributed by atoms with Crippen LogP contribution < -0.4 is 0 Å². The third-order valence-corrected chi connectivity index (χ3v) is 2.87. The summed E-state index contributed by atoms with van der Waals surface area (Å²) in [6.45, 7) is 1.67. The molecule has 0 spiro atoms. The minimum Gasteiger partial charge on any atom is -0.463 e. The monoisotopic (exact) mass is 285 g/mol. The second-order valence-electron chi connectivity index (χ2n) is 4.21. The number of ether oxygens (including phenoxy) is 1. The van der Waals surface area contributed by atoms with Crippen molar-refractivity contribution < 1.29 is 13.9 Å². The Morgan fingerprint density at radius 1 is 1.24 bits per heavy atom. The Balaban J connectivity index is 2.00. The maximum Gasteiger partial charge on any atom is 0.376 e. The highest BCUT2D eigenvalue weighted by molar-refractivity contribution is 5.93. The molecule has 2 aromatic heterocycles. The summed E-state index contributed by atoms with van der Waals surface area (Å²) in [7, 11) is 1.29. The van der Waals surface area contributed by atoms with Crippen molar-refractivity contribution >= 4 is 5.97 Å². The number of hydrogen-bond donors (Lipinski definition) is 1. The Labute approximate surface area is 119 Å². The van der Waals surface area contributed by atoms with E-state index in [-0.39, 0.29) is 5.76 Å². The molecule has 0 aliphatic heterocycles. The molecule has 0 bridgehead atoms. The van der Waals surface area contributed by atoms with E-state index in [1.54, 1.807) is 19.1 Å². The predicted molar refractivity (Wildman–Crippen MR) is 71.2 cm³/mol. The minimum atomic E-state index is -0.562. The summed E-state index contributed by atoms with van der Waals surface area (Å²) in [5.74, 6) is 0.411. The molecule has 0 fully saturated rings. The molecule has 0 atom stereocenters. The van der Waals surface area contributed by atoms with E-state index in [4.69, 9.17) is 4.42 Å². The average molecular weight is 285 g/mol. The number of benzene rings is 1. The number of carbonyl (C=O) groups excluding carboxylic acids is 1. The molecule has 0 amide bonds. The first-order chi connectivity index (χ1) is 10.2. The number of rotatable bonds is 3. The van der Waals surface area contributed by atoms with Crippen LogP contribution in [0.3, 0.4) is 0 Å². The van der Waals surface area contributed by atoms with Gasteiger partial charge in [-0.25, -0.2) is 9.78 Å². The zero-order chi connectivity index (χ0) is 14.8. The lowest BCUT2D eigenvalue weighted by atomic mass is 10.1. The van der Waals surface area contributed by atoms with Crippen LogP contribution in [-0.4, -0.2) is 38.7 Å². The maximum atomic E-state index is 11.7. The highest BCUT2D eigenvalue weighted by Crippen LogP contribution is 2.26. The molecule has 2 heterocycles. The van der Waals surface area contributed by atoms with Crippen molar-refractivity contribution in [3.8, 4) is 22.6 Å². The SMILES string of the molecule is COC(=O)c1oc(C)nc1-c1ccc(-c2nn[nH]n2)cc1. The number of H-pyrrole nitrogens is 1. The topological polar surface area (TPSA) is 107 Å². The van der Waals surface area contributed by atoms with E-state index in [1.165, 1.54) is 7.11 Å². The fraction of sp³-hybridized carbons (Fsp3) is 0.154. The number of aromatic amines is 1. The highest BCUT2D eigenvalue weighted by Gasteiger charge is 2.21. The molecular formula is C13H11N5O3. The Morgan fingerprint density at radius 2 is 1.95 bits per heavy atom. The molecule has 8 heteroatoms. The van der Waals surface area contributed by atoms with Crippen molar-refractivity contribution in [3.05, 3.63) is 35.9 Å². The molecule has 0 radical (unpaired) electrons. The number of aromatic nitrogens is 5. The lowest BCUT2D eigenvalue weighted by Gasteiger charge is -2.00. The van der Waals surface area contributed by atoms with Crippen molar-refractivity contribution in [2.24, 2.45) is 0 Å². The Hall–Kier alpha value is -3.03. The summed E-state index contributed by atoms with van der Waals surface area (Å²) >= 11 is 0. The Kier molecular flexibility index (Phi) is 3.19. The molecule has 0 saturated carbocycles. The van der Waals surface area contributed by atoms with Gasteiger partial charge in [-0.3, -0.25) is 0 Å². The van der Waals surface area contributed by atoms with E-state index in [1.807, 2.05) is 12.1 Å². The first-order valence-electron chi connectivity index (χ1n) is 6.09. The summed E-state index contributed by atoms with van der Waals surface area (Å²) < 4.78 is 9.99. The van der Waals surface area contributed by atoms with E-state index in [9.17, 15) is 4.79 Å². The standard InChI is InChI=1S/C13H11N5O3/c1-7-14-10(11(21-7)13(19)20-2)8-3-5-9(6-4-8)12-15-17-18-16-12/h3-6H,1-2H3,(H,15,16,17,18). The molecule has 0 unspecified atom stereocenters. The third kappa shape index (κ3) is 2.38. The summed E-state index contributed by atoms with van der Waals surface area (Å²) in [5.41, 5.74) is 1.98. The summed E-state index contributed by atoms with van der Waals surface area (Å²) in [5, 5.41) is 13.7. The normalized spacial score (nSPS) is 10.6. The average Bonchev–Trinajstić information content (AvgIpc) is 3.16. The van der Waals surface area contributed by atoms with Crippen molar-refractivity contribution in [1.29, 1.82) is 0 Å². The van der Waals surface area contributed by atoms with Gasteiger partial charge in [-0.2, -0.15) is 5.21 Å². The Morgan fingerprint density at radius 3 is 2.57 bits per heavy atom.